The SMILES string of the molecule is CCCCCC[C@@H]1N[C@@H](C(=O)OC)Cc2c1[nH]c1ccccc21. The summed E-state index contributed by atoms with van der Waals surface area (Å²) >= 11 is 0. The molecule has 1 aromatic carbocycles. The van der Waals surface area contributed by atoms with Gasteiger partial charge in [-0.3, -0.25) is 10.1 Å². The summed E-state index contributed by atoms with van der Waals surface area (Å²) in [6.07, 6.45) is 6.67. The number of methoxy groups -OCH3 is 1. The number of aromatic amines is 1. The van der Waals surface area contributed by atoms with Crippen LogP contribution in [0.2, 0.25) is 0 Å². The normalized spacial score (nSPS) is 20.4. The molecule has 2 atom stereocenters. The van der Waals surface area contributed by atoms with Gasteiger partial charge >= 0.3 is 5.97 Å². The highest BCUT2D eigenvalue weighted by Crippen LogP contribution is 2.34. The Kier molecular flexibility index (Phi) is 5.01. The Bertz CT molecular complexity index is 677. The standard InChI is InChI=1S/C19H26N2O2/c1-3-4-5-6-11-16-18-14(12-17(20-16)19(22)23-2)13-9-7-8-10-15(13)21-18/h7-10,16-17,20-21H,3-6,11-12H2,1-2H3/t16-,17+/m0/s1. The van der Waals surface area contributed by atoms with Crippen molar-refractivity contribution in [2.75, 3.05) is 7.11 Å². The zero-order chi connectivity index (χ0) is 16.2. The first-order chi connectivity index (χ1) is 11.2. The molecular weight excluding hydrogens is 288 g/mol. The molecule has 0 aliphatic carbocycles. The Morgan fingerprint density at radius 3 is 2.87 bits per heavy atom. The number of carbonyl (C=O) groups is 1. The summed E-state index contributed by atoms with van der Waals surface area (Å²) in [7, 11) is 1.46. The number of hydrogen-bond acceptors (Lipinski definition) is 3. The molecule has 0 fully saturated rings. The lowest BCUT2D eigenvalue weighted by molar-refractivity contribution is -0.143. The van der Waals surface area contributed by atoms with Crippen LogP contribution in [-0.2, 0) is 16.0 Å². The number of esters is 1. The Hall–Kier alpha value is -1.81. The molecule has 0 radical (unpaired) electrons. The molecule has 4 nitrogen and oxygen atoms in total. The van der Waals surface area contributed by atoms with Gasteiger partial charge in [-0.05, 0) is 18.1 Å². The van der Waals surface area contributed by atoms with Crippen molar-refractivity contribution < 1.29 is 9.53 Å². The maximum atomic E-state index is 12.1. The van der Waals surface area contributed by atoms with Gasteiger partial charge in [0.15, 0.2) is 0 Å². The fourth-order valence-electron chi connectivity index (χ4n) is 3.62. The lowest BCUT2D eigenvalue weighted by Gasteiger charge is -2.30. The van der Waals surface area contributed by atoms with E-state index in [-0.39, 0.29) is 18.1 Å². The van der Waals surface area contributed by atoms with Crippen molar-refractivity contribution in [1.82, 2.24) is 10.3 Å². The number of para-hydroxylation sites is 1. The molecule has 1 aliphatic rings. The zero-order valence-electron chi connectivity index (χ0n) is 14.0. The van der Waals surface area contributed by atoms with Crippen molar-refractivity contribution >= 4 is 16.9 Å². The Morgan fingerprint density at radius 1 is 1.26 bits per heavy atom. The van der Waals surface area contributed by atoms with Crippen LogP contribution in [0.4, 0.5) is 0 Å². The van der Waals surface area contributed by atoms with Crippen molar-refractivity contribution in [3.05, 3.63) is 35.5 Å². The zero-order valence-corrected chi connectivity index (χ0v) is 14.0. The average Bonchev–Trinajstić information content (AvgIpc) is 2.96. The van der Waals surface area contributed by atoms with Crippen LogP contribution in [0.25, 0.3) is 10.9 Å². The molecule has 23 heavy (non-hydrogen) atoms. The van der Waals surface area contributed by atoms with Crippen LogP contribution in [0.3, 0.4) is 0 Å². The molecule has 0 unspecified atom stereocenters. The molecule has 0 saturated heterocycles. The number of benzene rings is 1. The van der Waals surface area contributed by atoms with Gasteiger partial charge in [0, 0.05) is 29.1 Å². The summed E-state index contributed by atoms with van der Waals surface area (Å²) in [5.41, 5.74) is 3.68. The third-order valence-corrected chi connectivity index (χ3v) is 4.84. The average molecular weight is 314 g/mol. The number of unbranched alkanes of at least 4 members (excludes halogenated alkanes) is 3. The summed E-state index contributed by atoms with van der Waals surface area (Å²) in [5, 5.41) is 4.73. The predicted molar refractivity (Wildman–Crippen MR) is 92.4 cm³/mol. The quantitative estimate of drug-likeness (QED) is 0.628. The number of aromatic nitrogens is 1. The van der Waals surface area contributed by atoms with E-state index in [4.69, 9.17) is 4.74 Å². The minimum Gasteiger partial charge on any atom is -0.468 e. The lowest BCUT2D eigenvalue weighted by Crippen LogP contribution is -2.45. The fraction of sp³-hybridized carbons (Fsp3) is 0.526. The summed E-state index contributed by atoms with van der Waals surface area (Å²) < 4.78 is 4.97. The number of rotatable bonds is 6. The molecule has 1 aromatic heterocycles. The Balaban J connectivity index is 1.88. The number of carbonyl (C=O) groups excluding carboxylic acids is 1. The van der Waals surface area contributed by atoms with Gasteiger partial charge in [-0.2, -0.15) is 0 Å². The smallest absolute Gasteiger partial charge is 0.323 e. The van der Waals surface area contributed by atoms with Crippen molar-refractivity contribution in [1.29, 1.82) is 0 Å². The van der Waals surface area contributed by atoms with E-state index in [1.807, 2.05) is 6.07 Å². The second kappa shape index (κ2) is 7.18. The number of H-pyrrole nitrogens is 1. The van der Waals surface area contributed by atoms with Crippen LogP contribution in [0.5, 0.6) is 0 Å². The van der Waals surface area contributed by atoms with E-state index in [9.17, 15) is 4.79 Å². The van der Waals surface area contributed by atoms with Crippen LogP contribution in [0.1, 0.15) is 56.3 Å². The molecule has 2 N–H and O–H groups in total. The van der Waals surface area contributed by atoms with Crippen LogP contribution < -0.4 is 5.32 Å². The van der Waals surface area contributed by atoms with Gasteiger partial charge < -0.3 is 9.72 Å². The monoisotopic (exact) mass is 314 g/mol. The van der Waals surface area contributed by atoms with Crippen LogP contribution >= 0.6 is 0 Å². The van der Waals surface area contributed by atoms with Gasteiger partial charge in [-0.15, -0.1) is 0 Å². The van der Waals surface area contributed by atoms with E-state index in [1.165, 1.54) is 49.4 Å². The number of hydrogen-bond donors (Lipinski definition) is 2. The van der Waals surface area contributed by atoms with E-state index in [1.54, 1.807) is 0 Å². The van der Waals surface area contributed by atoms with Gasteiger partial charge in [0.25, 0.3) is 0 Å². The molecule has 4 heteroatoms. The largest absolute Gasteiger partial charge is 0.468 e. The van der Waals surface area contributed by atoms with Gasteiger partial charge in [0.05, 0.1) is 7.11 Å². The van der Waals surface area contributed by atoms with Crippen LogP contribution in [0, 0.1) is 0 Å². The van der Waals surface area contributed by atoms with E-state index in [2.05, 4.69) is 35.4 Å². The molecule has 1 aliphatic heterocycles. The van der Waals surface area contributed by atoms with E-state index >= 15 is 0 Å². The highest BCUT2D eigenvalue weighted by molar-refractivity contribution is 5.87. The van der Waals surface area contributed by atoms with Gasteiger partial charge in [0.1, 0.15) is 6.04 Å². The highest BCUT2D eigenvalue weighted by atomic mass is 16.5. The first-order valence-corrected chi connectivity index (χ1v) is 8.68. The molecular formula is C19H26N2O2. The Morgan fingerprint density at radius 2 is 2.09 bits per heavy atom. The third kappa shape index (κ3) is 3.27. The molecule has 124 valence electrons. The fourth-order valence-corrected chi connectivity index (χ4v) is 3.62. The van der Waals surface area contributed by atoms with Crippen molar-refractivity contribution in [3.8, 4) is 0 Å². The number of fused-ring (bicyclic) bond motifs is 3. The minimum atomic E-state index is -0.247. The van der Waals surface area contributed by atoms with Gasteiger partial charge in [-0.1, -0.05) is 50.8 Å². The molecule has 0 bridgehead atoms. The summed E-state index contributed by atoms with van der Waals surface area (Å²) in [4.78, 5) is 15.6. The number of ether oxygens (including phenoxy) is 1. The topological polar surface area (TPSA) is 54.1 Å². The van der Waals surface area contributed by atoms with E-state index < -0.39 is 0 Å². The first kappa shape index (κ1) is 16.1. The highest BCUT2D eigenvalue weighted by Gasteiger charge is 2.33. The minimum absolute atomic E-state index is 0.167. The van der Waals surface area contributed by atoms with Crippen molar-refractivity contribution in [2.24, 2.45) is 0 Å². The van der Waals surface area contributed by atoms with E-state index in [0.29, 0.717) is 6.42 Å². The molecule has 3 rings (SSSR count). The molecule has 0 spiro atoms. The first-order valence-electron chi connectivity index (χ1n) is 8.68. The Labute approximate surface area is 137 Å². The van der Waals surface area contributed by atoms with Gasteiger partial charge in [0.2, 0.25) is 0 Å². The lowest BCUT2D eigenvalue weighted by atomic mass is 9.91. The van der Waals surface area contributed by atoms with Crippen molar-refractivity contribution in [2.45, 2.75) is 57.5 Å². The van der Waals surface area contributed by atoms with Gasteiger partial charge in [-0.25, -0.2) is 0 Å². The maximum absolute atomic E-state index is 12.1. The van der Waals surface area contributed by atoms with Crippen molar-refractivity contribution in [3.63, 3.8) is 0 Å². The summed E-state index contributed by atoms with van der Waals surface area (Å²) in [6.45, 7) is 2.22. The third-order valence-electron chi connectivity index (χ3n) is 4.84. The molecule has 2 heterocycles. The molecule has 2 aromatic rings. The van der Waals surface area contributed by atoms with E-state index in [0.717, 1.165) is 11.9 Å². The van der Waals surface area contributed by atoms with Crippen LogP contribution in [-0.4, -0.2) is 24.1 Å². The maximum Gasteiger partial charge on any atom is 0.323 e. The summed E-state index contributed by atoms with van der Waals surface area (Å²) in [5.74, 6) is -0.167. The second-order valence-corrected chi connectivity index (χ2v) is 6.41. The number of nitrogens with one attached hydrogen (secondary N) is 2. The summed E-state index contributed by atoms with van der Waals surface area (Å²) in [6, 6.07) is 8.30. The second-order valence-electron chi connectivity index (χ2n) is 6.41. The molecule has 0 saturated carbocycles. The molecule has 0 amide bonds. The van der Waals surface area contributed by atoms with Crippen LogP contribution in [0.15, 0.2) is 24.3 Å². The predicted octanol–water partition coefficient (Wildman–Crippen LogP) is 3.87.